The molecule has 0 saturated heterocycles. The number of carbonyl (C=O) groups is 1. The molecule has 0 heterocycles. The molecule has 2 aromatic rings. The van der Waals surface area contributed by atoms with Crippen LogP contribution in [0, 0.1) is 12.7 Å². The van der Waals surface area contributed by atoms with Gasteiger partial charge in [0.15, 0.2) is 0 Å². The fourth-order valence-corrected chi connectivity index (χ4v) is 4.03. The minimum Gasteiger partial charge on any atom is -0.480 e. The Morgan fingerprint density at radius 1 is 1.10 bits per heavy atom. The van der Waals surface area contributed by atoms with Crippen molar-refractivity contribution in [2.75, 3.05) is 11.5 Å². The SMILES string of the molecule is Cc1cc(F)ccc1-c1ccc(C(CCSCCC(N)C(=O)O)C(F)(F)F)cc1. The van der Waals surface area contributed by atoms with Crippen LogP contribution in [0.2, 0.25) is 0 Å². The Bertz CT molecular complexity index is 824. The Labute approximate surface area is 171 Å². The molecule has 2 unspecified atom stereocenters. The number of halogens is 4. The highest BCUT2D eigenvalue weighted by atomic mass is 32.2. The lowest BCUT2D eigenvalue weighted by Gasteiger charge is -2.21. The van der Waals surface area contributed by atoms with E-state index in [1.807, 2.05) is 0 Å². The van der Waals surface area contributed by atoms with E-state index < -0.39 is 24.1 Å². The van der Waals surface area contributed by atoms with Crippen molar-refractivity contribution in [3.63, 3.8) is 0 Å². The number of thioether (sulfide) groups is 1. The van der Waals surface area contributed by atoms with Crippen LogP contribution in [0.25, 0.3) is 11.1 Å². The first-order valence-electron chi connectivity index (χ1n) is 9.09. The maximum absolute atomic E-state index is 13.5. The number of benzene rings is 2. The third-order valence-electron chi connectivity index (χ3n) is 4.65. The van der Waals surface area contributed by atoms with E-state index >= 15 is 0 Å². The Balaban J connectivity index is 2.04. The van der Waals surface area contributed by atoms with E-state index in [9.17, 15) is 22.4 Å². The number of aliphatic carboxylic acids is 1. The predicted octanol–water partition coefficient (Wildman–Crippen LogP) is 5.37. The average molecular weight is 429 g/mol. The van der Waals surface area contributed by atoms with E-state index in [4.69, 9.17) is 10.8 Å². The topological polar surface area (TPSA) is 63.3 Å². The molecule has 0 aliphatic rings. The quantitative estimate of drug-likeness (QED) is 0.415. The zero-order chi connectivity index (χ0) is 21.6. The standard InChI is InChI=1S/C21H23F4NO2S/c1-13-12-16(22)6-7-17(13)14-2-4-15(5-3-14)18(21(23,24)25)8-10-29-11-9-19(26)20(27)28/h2-7,12,18-19H,8-11,26H2,1H3,(H,27,28). The molecule has 0 aliphatic carbocycles. The monoisotopic (exact) mass is 429 g/mol. The number of nitrogens with two attached hydrogens (primary N) is 1. The van der Waals surface area contributed by atoms with Gasteiger partial charge in [0.05, 0.1) is 5.92 Å². The number of rotatable bonds is 9. The summed E-state index contributed by atoms with van der Waals surface area (Å²) < 4.78 is 53.9. The first-order valence-corrected chi connectivity index (χ1v) is 10.2. The zero-order valence-electron chi connectivity index (χ0n) is 15.9. The lowest BCUT2D eigenvalue weighted by molar-refractivity contribution is -0.150. The molecule has 8 heteroatoms. The Kier molecular flexibility index (Phi) is 8.10. The summed E-state index contributed by atoms with van der Waals surface area (Å²) >= 11 is 1.26. The van der Waals surface area contributed by atoms with E-state index in [1.54, 1.807) is 25.1 Å². The maximum Gasteiger partial charge on any atom is 0.395 e. The van der Waals surface area contributed by atoms with Crippen molar-refractivity contribution in [2.24, 2.45) is 5.73 Å². The van der Waals surface area contributed by atoms with E-state index in [-0.39, 0.29) is 30.0 Å². The minimum atomic E-state index is -4.38. The van der Waals surface area contributed by atoms with Gasteiger partial charge in [0, 0.05) is 0 Å². The van der Waals surface area contributed by atoms with Crippen LogP contribution in [0.3, 0.4) is 0 Å². The number of carboxylic acid groups (broad SMARTS) is 1. The van der Waals surface area contributed by atoms with Gasteiger partial charge < -0.3 is 10.8 Å². The molecular formula is C21H23F4NO2S. The lowest BCUT2D eigenvalue weighted by atomic mass is 9.93. The van der Waals surface area contributed by atoms with Crippen LogP contribution in [0.4, 0.5) is 17.6 Å². The summed E-state index contributed by atoms with van der Waals surface area (Å²) in [6.07, 6.45) is -4.28. The largest absolute Gasteiger partial charge is 0.480 e. The normalized spacial score (nSPS) is 13.9. The van der Waals surface area contributed by atoms with Gasteiger partial charge in [-0.15, -0.1) is 0 Å². The van der Waals surface area contributed by atoms with Crippen LogP contribution in [0.15, 0.2) is 42.5 Å². The molecule has 0 spiro atoms. The van der Waals surface area contributed by atoms with Gasteiger partial charge in [0.1, 0.15) is 11.9 Å². The minimum absolute atomic E-state index is 0.106. The lowest BCUT2D eigenvalue weighted by Crippen LogP contribution is -2.30. The van der Waals surface area contributed by atoms with Gasteiger partial charge in [0.2, 0.25) is 0 Å². The first kappa shape index (κ1) is 23.2. The van der Waals surface area contributed by atoms with Crippen molar-refractivity contribution in [1.29, 1.82) is 0 Å². The smallest absolute Gasteiger partial charge is 0.395 e. The van der Waals surface area contributed by atoms with Gasteiger partial charge in [0.25, 0.3) is 0 Å². The number of alkyl halides is 3. The van der Waals surface area contributed by atoms with Crippen molar-refractivity contribution in [2.45, 2.75) is 37.9 Å². The van der Waals surface area contributed by atoms with Gasteiger partial charge in [-0.25, -0.2) is 4.39 Å². The molecule has 0 radical (unpaired) electrons. The molecule has 3 N–H and O–H groups in total. The molecule has 0 amide bonds. The molecule has 0 aliphatic heterocycles. The summed E-state index contributed by atoms with van der Waals surface area (Å²) in [5.41, 5.74) is 7.76. The van der Waals surface area contributed by atoms with Crippen molar-refractivity contribution < 1.29 is 27.5 Å². The highest BCUT2D eigenvalue weighted by Crippen LogP contribution is 2.39. The average Bonchev–Trinajstić information content (AvgIpc) is 2.63. The molecule has 3 nitrogen and oxygen atoms in total. The van der Waals surface area contributed by atoms with Crippen molar-refractivity contribution >= 4 is 17.7 Å². The molecule has 2 aromatic carbocycles. The van der Waals surface area contributed by atoms with E-state index in [0.29, 0.717) is 11.3 Å². The van der Waals surface area contributed by atoms with Gasteiger partial charge in [-0.2, -0.15) is 24.9 Å². The van der Waals surface area contributed by atoms with Gasteiger partial charge in [-0.05, 0) is 65.7 Å². The summed E-state index contributed by atoms with van der Waals surface area (Å²) in [4.78, 5) is 10.7. The van der Waals surface area contributed by atoms with Crippen molar-refractivity contribution in [3.8, 4) is 11.1 Å². The number of aryl methyl sites for hydroxylation is 1. The van der Waals surface area contributed by atoms with Crippen LogP contribution in [0.5, 0.6) is 0 Å². The maximum atomic E-state index is 13.5. The molecule has 2 rings (SSSR count). The highest BCUT2D eigenvalue weighted by molar-refractivity contribution is 7.99. The summed E-state index contributed by atoms with van der Waals surface area (Å²) in [7, 11) is 0. The molecule has 0 bridgehead atoms. The van der Waals surface area contributed by atoms with Crippen molar-refractivity contribution in [1.82, 2.24) is 0 Å². The number of hydrogen-bond acceptors (Lipinski definition) is 3. The molecule has 0 fully saturated rings. The van der Waals surface area contributed by atoms with Crippen LogP contribution >= 0.6 is 11.8 Å². The third-order valence-corrected chi connectivity index (χ3v) is 5.70. The summed E-state index contributed by atoms with van der Waals surface area (Å²) in [6.45, 7) is 1.75. The van der Waals surface area contributed by atoms with E-state index in [0.717, 1.165) is 11.1 Å². The third kappa shape index (κ3) is 6.75. The molecule has 0 saturated carbocycles. The van der Waals surface area contributed by atoms with Gasteiger partial charge in [-0.1, -0.05) is 30.3 Å². The molecule has 158 valence electrons. The van der Waals surface area contributed by atoms with Crippen molar-refractivity contribution in [3.05, 3.63) is 59.4 Å². The van der Waals surface area contributed by atoms with Gasteiger partial charge >= 0.3 is 12.1 Å². The molecule has 2 atom stereocenters. The summed E-state index contributed by atoms with van der Waals surface area (Å²) in [5, 5.41) is 8.72. The summed E-state index contributed by atoms with van der Waals surface area (Å²) in [5.74, 6) is -2.44. The van der Waals surface area contributed by atoms with E-state index in [2.05, 4.69) is 0 Å². The fraction of sp³-hybridized carbons (Fsp3) is 0.381. The molecule has 0 aromatic heterocycles. The Hall–Kier alpha value is -2.06. The zero-order valence-corrected chi connectivity index (χ0v) is 16.7. The molecule has 29 heavy (non-hydrogen) atoms. The summed E-state index contributed by atoms with van der Waals surface area (Å²) in [6, 6.07) is 9.48. The first-order chi connectivity index (χ1) is 13.6. The van der Waals surface area contributed by atoms with Crippen LogP contribution in [-0.2, 0) is 4.79 Å². The second kappa shape index (κ2) is 10.1. The van der Waals surface area contributed by atoms with Gasteiger partial charge in [-0.3, -0.25) is 4.79 Å². The predicted molar refractivity (Wildman–Crippen MR) is 108 cm³/mol. The van der Waals surface area contributed by atoms with Crippen LogP contribution in [0.1, 0.15) is 29.9 Å². The Morgan fingerprint density at radius 2 is 1.72 bits per heavy atom. The number of hydrogen-bond donors (Lipinski definition) is 2. The second-order valence-electron chi connectivity index (χ2n) is 6.81. The second-order valence-corrected chi connectivity index (χ2v) is 8.03. The fourth-order valence-electron chi connectivity index (χ4n) is 3.00. The van der Waals surface area contributed by atoms with E-state index in [1.165, 1.54) is 36.0 Å². The number of carboxylic acids is 1. The van der Waals surface area contributed by atoms with Crippen LogP contribution < -0.4 is 5.73 Å². The highest BCUT2D eigenvalue weighted by Gasteiger charge is 2.40. The molecular weight excluding hydrogens is 406 g/mol. The van der Waals surface area contributed by atoms with Crippen LogP contribution in [-0.4, -0.2) is 34.8 Å². The Morgan fingerprint density at radius 3 is 2.28 bits per heavy atom.